The Balaban J connectivity index is 2.63. The van der Waals surface area contributed by atoms with E-state index >= 15 is 0 Å². The first-order chi connectivity index (χ1) is 5.16. The van der Waals surface area contributed by atoms with E-state index in [0.29, 0.717) is 11.7 Å². The maximum atomic E-state index is 11.2. The average molecular weight is 155 g/mol. The number of rotatable bonds is 2. The SMILES string of the molecule is CC[C@@H]1CCN(C)[C@@H]1C(C)=O. The van der Waals surface area contributed by atoms with Crippen LogP contribution in [0.4, 0.5) is 0 Å². The van der Waals surface area contributed by atoms with E-state index in [1.165, 1.54) is 6.42 Å². The van der Waals surface area contributed by atoms with Gasteiger partial charge in [0.2, 0.25) is 0 Å². The van der Waals surface area contributed by atoms with Crippen LogP contribution in [0, 0.1) is 5.92 Å². The normalized spacial score (nSPS) is 32.6. The number of Topliss-reactive ketones (excluding diaryl/α,β-unsaturated/α-hetero) is 1. The molecule has 0 N–H and O–H groups in total. The summed E-state index contributed by atoms with van der Waals surface area (Å²) < 4.78 is 0. The van der Waals surface area contributed by atoms with Crippen molar-refractivity contribution in [3.8, 4) is 0 Å². The standard InChI is InChI=1S/C9H17NO/c1-4-8-5-6-10(3)9(8)7(2)11/h8-9H,4-6H2,1-3H3/t8-,9-/m1/s1. The summed E-state index contributed by atoms with van der Waals surface area (Å²) in [5, 5.41) is 0. The van der Waals surface area contributed by atoms with Crippen LogP contribution in [-0.2, 0) is 4.79 Å². The summed E-state index contributed by atoms with van der Waals surface area (Å²) in [5.41, 5.74) is 0. The second-order valence-electron chi connectivity index (χ2n) is 3.49. The molecule has 1 aliphatic heterocycles. The molecule has 2 heteroatoms. The zero-order chi connectivity index (χ0) is 8.43. The number of carbonyl (C=O) groups excluding carboxylic acids is 1. The van der Waals surface area contributed by atoms with E-state index in [-0.39, 0.29) is 6.04 Å². The highest BCUT2D eigenvalue weighted by Gasteiger charge is 2.33. The van der Waals surface area contributed by atoms with Gasteiger partial charge in [-0.3, -0.25) is 9.69 Å². The van der Waals surface area contributed by atoms with Crippen molar-refractivity contribution in [1.29, 1.82) is 0 Å². The van der Waals surface area contributed by atoms with Crippen LogP contribution in [0.2, 0.25) is 0 Å². The van der Waals surface area contributed by atoms with Gasteiger partial charge in [-0.2, -0.15) is 0 Å². The lowest BCUT2D eigenvalue weighted by molar-refractivity contribution is -0.121. The van der Waals surface area contributed by atoms with Crippen LogP contribution < -0.4 is 0 Å². The van der Waals surface area contributed by atoms with E-state index in [1.54, 1.807) is 6.92 Å². The van der Waals surface area contributed by atoms with E-state index in [0.717, 1.165) is 13.0 Å². The summed E-state index contributed by atoms with van der Waals surface area (Å²) in [6, 6.07) is 0.208. The van der Waals surface area contributed by atoms with Crippen molar-refractivity contribution in [2.24, 2.45) is 5.92 Å². The van der Waals surface area contributed by atoms with Gasteiger partial charge in [0.25, 0.3) is 0 Å². The van der Waals surface area contributed by atoms with Crippen molar-refractivity contribution in [1.82, 2.24) is 4.90 Å². The third kappa shape index (κ3) is 1.62. The van der Waals surface area contributed by atoms with Gasteiger partial charge in [-0.05, 0) is 32.9 Å². The molecule has 0 aliphatic carbocycles. The zero-order valence-corrected chi connectivity index (χ0v) is 7.63. The number of ketones is 1. The van der Waals surface area contributed by atoms with Gasteiger partial charge in [-0.15, -0.1) is 0 Å². The molecular formula is C9H17NO. The van der Waals surface area contributed by atoms with Crippen molar-refractivity contribution >= 4 is 5.78 Å². The number of likely N-dealkylation sites (tertiary alicyclic amines) is 1. The Morgan fingerprint density at radius 3 is 2.64 bits per heavy atom. The molecule has 0 amide bonds. The van der Waals surface area contributed by atoms with Gasteiger partial charge in [0.1, 0.15) is 5.78 Å². The highest BCUT2D eigenvalue weighted by atomic mass is 16.1. The molecule has 0 saturated carbocycles. The van der Waals surface area contributed by atoms with Crippen LogP contribution >= 0.6 is 0 Å². The van der Waals surface area contributed by atoms with Crippen molar-refractivity contribution < 1.29 is 4.79 Å². The summed E-state index contributed by atoms with van der Waals surface area (Å²) >= 11 is 0. The molecule has 11 heavy (non-hydrogen) atoms. The molecule has 1 aliphatic rings. The summed E-state index contributed by atoms with van der Waals surface area (Å²) in [7, 11) is 2.04. The molecule has 0 bridgehead atoms. The largest absolute Gasteiger partial charge is 0.298 e. The van der Waals surface area contributed by atoms with Gasteiger partial charge in [-0.1, -0.05) is 13.3 Å². The second kappa shape index (κ2) is 3.35. The lowest BCUT2D eigenvalue weighted by atomic mass is 9.95. The minimum Gasteiger partial charge on any atom is -0.298 e. The predicted molar refractivity (Wildman–Crippen MR) is 45.5 cm³/mol. The van der Waals surface area contributed by atoms with Crippen molar-refractivity contribution in [3.05, 3.63) is 0 Å². The summed E-state index contributed by atoms with van der Waals surface area (Å²) in [4.78, 5) is 13.4. The molecule has 0 aromatic rings. The Kier molecular flexibility index (Phi) is 2.66. The number of hydrogen-bond acceptors (Lipinski definition) is 2. The Morgan fingerprint density at radius 2 is 2.27 bits per heavy atom. The first-order valence-electron chi connectivity index (χ1n) is 4.37. The maximum Gasteiger partial charge on any atom is 0.147 e. The van der Waals surface area contributed by atoms with Gasteiger partial charge < -0.3 is 0 Å². The molecule has 1 saturated heterocycles. The fraction of sp³-hybridized carbons (Fsp3) is 0.889. The lowest BCUT2D eigenvalue weighted by Crippen LogP contribution is -2.35. The third-order valence-electron chi connectivity index (χ3n) is 2.71. The predicted octanol–water partition coefficient (Wildman–Crippen LogP) is 1.31. The monoisotopic (exact) mass is 155 g/mol. The Bertz CT molecular complexity index is 156. The average Bonchev–Trinajstić information content (AvgIpc) is 2.30. The van der Waals surface area contributed by atoms with Crippen molar-refractivity contribution in [2.45, 2.75) is 32.7 Å². The number of nitrogens with zero attached hydrogens (tertiary/aromatic N) is 1. The fourth-order valence-corrected chi connectivity index (χ4v) is 2.10. The van der Waals surface area contributed by atoms with E-state index in [1.807, 2.05) is 7.05 Å². The zero-order valence-electron chi connectivity index (χ0n) is 7.63. The van der Waals surface area contributed by atoms with Crippen LogP contribution in [0.5, 0.6) is 0 Å². The van der Waals surface area contributed by atoms with Crippen LogP contribution in [0.1, 0.15) is 26.7 Å². The lowest BCUT2D eigenvalue weighted by Gasteiger charge is -2.20. The van der Waals surface area contributed by atoms with E-state index in [4.69, 9.17) is 0 Å². The molecule has 0 unspecified atom stereocenters. The smallest absolute Gasteiger partial charge is 0.147 e. The quantitative estimate of drug-likeness (QED) is 0.599. The van der Waals surface area contributed by atoms with Crippen molar-refractivity contribution in [2.75, 3.05) is 13.6 Å². The molecule has 0 radical (unpaired) electrons. The Hall–Kier alpha value is -0.370. The molecule has 1 fully saturated rings. The molecule has 1 rings (SSSR count). The van der Waals surface area contributed by atoms with Gasteiger partial charge >= 0.3 is 0 Å². The summed E-state index contributed by atoms with van der Waals surface area (Å²) in [6.07, 6.45) is 2.33. The highest BCUT2D eigenvalue weighted by molar-refractivity contribution is 5.82. The molecular weight excluding hydrogens is 138 g/mol. The molecule has 2 atom stereocenters. The van der Waals surface area contributed by atoms with Crippen molar-refractivity contribution in [3.63, 3.8) is 0 Å². The molecule has 0 aromatic heterocycles. The van der Waals surface area contributed by atoms with Gasteiger partial charge in [0.15, 0.2) is 0 Å². The molecule has 0 spiro atoms. The van der Waals surface area contributed by atoms with E-state index in [2.05, 4.69) is 11.8 Å². The first-order valence-corrected chi connectivity index (χ1v) is 4.37. The van der Waals surface area contributed by atoms with Crippen LogP contribution in [0.15, 0.2) is 0 Å². The van der Waals surface area contributed by atoms with Crippen LogP contribution in [0.25, 0.3) is 0 Å². The molecule has 2 nitrogen and oxygen atoms in total. The molecule has 64 valence electrons. The fourth-order valence-electron chi connectivity index (χ4n) is 2.10. The Labute approximate surface area is 68.6 Å². The number of likely N-dealkylation sites (N-methyl/N-ethyl adjacent to an activating group) is 1. The topological polar surface area (TPSA) is 20.3 Å². The van der Waals surface area contributed by atoms with Crippen LogP contribution in [-0.4, -0.2) is 30.3 Å². The maximum absolute atomic E-state index is 11.2. The highest BCUT2D eigenvalue weighted by Crippen LogP contribution is 2.25. The number of hydrogen-bond donors (Lipinski definition) is 0. The minimum atomic E-state index is 0.208. The first kappa shape index (κ1) is 8.72. The second-order valence-corrected chi connectivity index (χ2v) is 3.49. The molecule has 1 heterocycles. The van der Waals surface area contributed by atoms with E-state index < -0.39 is 0 Å². The summed E-state index contributed by atoms with van der Waals surface area (Å²) in [5.74, 6) is 0.939. The van der Waals surface area contributed by atoms with Gasteiger partial charge in [0.05, 0.1) is 6.04 Å². The van der Waals surface area contributed by atoms with Gasteiger partial charge in [-0.25, -0.2) is 0 Å². The minimum absolute atomic E-state index is 0.208. The van der Waals surface area contributed by atoms with E-state index in [9.17, 15) is 4.79 Å². The third-order valence-corrected chi connectivity index (χ3v) is 2.71. The number of carbonyl (C=O) groups is 1. The van der Waals surface area contributed by atoms with Crippen LogP contribution in [0.3, 0.4) is 0 Å². The molecule has 0 aromatic carbocycles. The van der Waals surface area contributed by atoms with Gasteiger partial charge in [0, 0.05) is 0 Å². The Morgan fingerprint density at radius 1 is 1.64 bits per heavy atom. The summed E-state index contributed by atoms with van der Waals surface area (Å²) in [6.45, 7) is 4.96.